The number of nitrogens with zero attached hydrogens (tertiary/aromatic N) is 1. The molecule has 0 aromatic carbocycles. The molecule has 0 heterocycles. The third-order valence-electron chi connectivity index (χ3n) is 0. The Balaban J connectivity index is -0.0000000450. The van der Waals surface area contributed by atoms with Gasteiger partial charge in [-0.1, -0.05) is 7.43 Å². The first kappa shape index (κ1) is 17.2. The van der Waals surface area contributed by atoms with Crippen LogP contribution in [0.15, 0.2) is 0 Å². The Morgan fingerprint density at radius 3 is 1.67 bits per heavy atom. The van der Waals surface area contributed by atoms with E-state index in [0.717, 1.165) is 0 Å². The van der Waals surface area contributed by atoms with E-state index in [1.165, 1.54) is 0 Å². The molecule has 0 fully saturated rings. The summed E-state index contributed by atoms with van der Waals surface area (Å²) in [4.78, 5) is 8.36. The average Bonchev–Trinajstić information content (AvgIpc) is 0.811. The van der Waals surface area contributed by atoms with E-state index in [4.69, 9.17) is 15.3 Å². The SMILES string of the molecule is C.O=[N+]([O-])O.[Fe]. The van der Waals surface area contributed by atoms with Gasteiger partial charge in [-0.25, -0.2) is 0 Å². The van der Waals surface area contributed by atoms with E-state index in [9.17, 15) is 0 Å². The van der Waals surface area contributed by atoms with Crippen LogP contribution >= 0.6 is 0 Å². The van der Waals surface area contributed by atoms with E-state index >= 15 is 0 Å². The van der Waals surface area contributed by atoms with Crippen molar-refractivity contribution in [3.8, 4) is 0 Å². The van der Waals surface area contributed by atoms with Gasteiger partial charge in [0.05, 0.1) is 0 Å². The van der Waals surface area contributed by atoms with Crippen molar-refractivity contribution in [2.24, 2.45) is 0 Å². The Bertz CT molecular complexity index is 33.8. The standard InChI is InChI=1S/CH4.Fe.HNO3/c;;2-1(3)4/h1H4;;(H,2,3,4). The molecule has 0 rings (SSSR count). The smallest absolute Gasteiger partial charge is 0.291 e. The van der Waals surface area contributed by atoms with Crippen molar-refractivity contribution in [1.82, 2.24) is 0 Å². The van der Waals surface area contributed by atoms with Gasteiger partial charge in [0.1, 0.15) is 0 Å². The molecule has 4 nitrogen and oxygen atoms in total. The Hall–Kier alpha value is -0.281. The summed E-state index contributed by atoms with van der Waals surface area (Å²) in [6.45, 7) is 0. The van der Waals surface area contributed by atoms with Crippen LogP contribution in [0.25, 0.3) is 0 Å². The van der Waals surface area contributed by atoms with Gasteiger partial charge in [-0.05, 0) is 0 Å². The van der Waals surface area contributed by atoms with Crippen LogP contribution in [0, 0.1) is 10.1 Å². The molecule has 0 atom stereocenters. The van der Waals surface area contributed by atoms with Gasteiger partial charge in [0.15, 0.2) is 0 Å². The molecular formula is CH5FeNO3. The fraction of sp³-hybridized carbons (Fsp3) is 1.00. The van der Waals surface area contributed by atoms with E-state index < -0.39 is 5.09 Å². The largest absolute Gasteiger partial charge is 0.328 e. The monoisotopic (exact) mass is 135 g/mol. The second-order valence-corrected chi connectivity index (χ2v) is 0.238. The van der Waals surface area contributed by atoms with E-state index in [2.05, 4.69) is 0 Å². The van der Waals surface area contributed by atoms with Crippen molar-refractivity contribution in [1.29, 1.82) is 0 Å². The molecule has 0 aliphatic heterocycles. The van der Waals surface area contributed by atoms with Crippen molar-refractivity contribution in [2.75, 3.05) is 0 Å². The van der Waals surface area contributed by atoms with Gasteiger partial charge in [0, 0.05) is 17.1 Å². The summed E-state index contributed by atoms with van der Waals surface area (Å²) in [7, 11) is 0. The molecule has 0 aromatic heterocycles. The first-order valence-corrected chi connectivity index (χ1v) is 0.565. The minimum atomic E-state index is -1.50. The molecule has 0 aliphatic rings. The molecular weight excluding hydrogens is 130 g/mol. The average molecular weight is 135 g/mol. The molecule has 0 radical (unpaired) electrons. The maximum absolute atomic E-state index is 8.36. The minimum absolute atomic E-state index is 0. The zero-order chi connectivity index (χ0) is 3.58. The Morgan fingerprint density at radius 1 is 1.67 bits per heavy atom. The number of hydrogen-bond acceptors (Lipinski definition) is 2. The Kier molecular flexibility index (Phi) is 25.3. The van der Waals surface area contributed by atoms with E-state index in [1.807, 2.05) is 0 Å². The molecule has 0 spiro atoms. The summed E-state index contributed by atoms with van der Waals surface area (Å²) < 4.78 is 0. The van der Waals surface area contributed by atoms with Gasteiger partial charge in [0.2, 0.25) is 0 Å². The molecule has 0 aliphatic carbocycles. The van der Waals surface area contributed by atoms with Gasteiger partial charge in [-0.3, -0.25) is 0 Å². The number of hydrogen-bond donors (Lipinski definition) is 1. The van der Waals surface area contributed by atoms with E-state index in [1.54, 1.807) is 0 Å². The summed E-state index contributed by atoms with van der Waals surface area (Å²) in [5.74, 6) is 0. The molecule has 0 aromatic rings. The summed E-state index contributed by atoms with van der Waals surface area (Å²) in [5, 5.41) is 13.6. The minimum Gasteiger partial charge on any atom is -0.328 e. The summed E-state index contributed by atoms with van der Waals surface area (Å²) in [6.07, 6.45) is 0. The fourth-order valence-corrected chi connectivity index (χ4v) is 0. The molecule has 40 valence electrons. The first-order chi connectivity index (χ1) is 1.73. The summed E-state index contributed by atoms with van der Waals surface area (Å²) >= 11 is 0. The van der Waals surface area contributed by atoms with Crippen molar-refractivity contribution < 1.29 is 27.4 Å². The van der Waals surface area contributed by atoms with Gasteiger partial charge < -0.3 is 5.21 Å². The maximum Gasteiger partial charge on any atom is 0.291 e. The van der Waals surface area contributed by atoms with E-state index in [0.29, 0.717) is 0 Å². The number of rotatable bonds is 0. The predicted molar refractivity (Wildman–Crippen MR) is 15.5 cm³/mol. The van der Waals surface area contributed by atoms with Crippen LogP contribution in [0.2, 0.25) is 0 Å². The van der Waals surface area contributed by atoms with Gasteiger partial charge in [-0.2, -0.15) is 0 Å². The zero-order valence-electron chi connectivity index (χ0n) is 2.06. The molecule has 0 saturated heterocycles. The van der Waals surface area contributed by atoms with Crippen LogP contribution in [-0.2, 0) is 17.1 Å². The van der Waals surface area contributed by atoms with Crippen molar-refractivity contribution in [3.05, 3.63) is 10.1 Å². The van der Waals surface area contributed by atoms with Crippen LogP contribution in [-0.4, -0.2) is 10.3 Å². The summed E-state index contributed by atoms with van der Waals surface area (Å²) in [5.41, 5.74) is 0. The predicted octanol–water partition coefficient (Wildman–Crippen LogP) is 0.286. The fourth-order valence-electron chi connectivity index (χ4n) is 0. The van der Waals surface area contributed by atoms with Crippen molar-refractivity contribution >= 4 is 0 Å². The second-order valence-electron chi connectivity index (χ2n) is 0.238. The third-order valence-corrected chi connectivity index (χ3v) is 0. The van der Waals surface area contributed by atoms with Crippen LogP contribution < -0.4 is 0 Å². The van der Waals surface area contributed by atoms with Gasteiger partial charge in [-0.15, -0.1) is 10.1 Å². The molecule has 6 heavy (non-hydrogen) atoms. The molecule has 1 N–H and O–H groups in total. The van der Waals surface area contributed by atoms with Gasteiger partial charge >= 0.3 is 0 Å². The molecule has 0 bridgehead atoms. The normalized spacial score (nSPS) is 4.00. The first-order valence-electron chi connectivity index (χ1n) is 0.565. The Morgan fingerprint density at radius 2 is 1.67 bits per heavy atom. The third kappa shape index (κ3) is 350. The Labute approximate surface area is 45.7 Å². The topological polar surface area (TPSA) is 63.4 Å². The van der Waals surface area contributed by atoms with E-state index in [-0.39, 0.29) is 24.5 Å². The van der Waals surface area contributed by atoms with Crippen molar-refractivity contribution in [2.45, 2.75) is 7.43 Å². The van der Waals surface area contributed by atoms with Crippen LogP contribution in [0.3, 0.4) is 0 Å². The summed E-state index contributed by atoms with van der Waals surface area (Å²) in [6, 6.07) is 0. The molecule has 0 saturated carbocycles. The second kappa shape index (κ2) is 8.83. The van der Waals surface area contributed by atoms with Crippen LogP contribution in [0.4, 0.5) is 0 Å². The molecule has 5 heteroatoms. The van der Waals surface area contributed by atoms with Crippen LogP contribution in [0.5, 0.6) is 0 Å². The quantitative estimate of drug-likeness (QED) is 0.294. The molecule has 0 amide bonds. The zero-order valence-corrected chi connectivity index (χ0v) is 3.17. The maximum atomic E-state index is 8.36. The van der Waals surface area contributed by atoms with Crippen molar-refractivity contribution in [3.63, 3.8) is 0 Å². The van der Waals surface area contributed by atoms with Gasteiger partial charge in [0.25, 0.3) is 5.09 Å². The molecule has 0 unspecified atom stereocenters. The van der Waals surface area contributed by atoms with Crippen LogP contribution in [0.1, 0.15) is 7.43 Å².